The van der Waals surface area contributed by atoms with Crippen molar-refractivity contribution in [3.05, 3.63) is 34.9 Å². The maximum atomic E-state index is 11.4. The van der Waals surface area contributed by atoms with Gasteiger partial charge in [0.2, 0.25) is 0 Å². The molecule has 1 amide bonds. The van der Waals surface area contributed by atoms with E-state index in [1.807, 2.05) is 6.92 Å². The molecule has 7 heteroatoms. The summed E-state index contributed by atoms with van der Waals surface area (Å²) in [5.74, 6) is -0.984. The summed E-state index contributed by atoms with van der Waals surface area (Å²) in [4.78, 5) is 28.8. The third kappa shape index (κ3) is 13.3. The molecule has 0 radical (unpaired) electrons. The van der Waals surface area contributed by atoms with Crippen LogP contribution in [-0.2, 0) is 9.36 Å². The predicted molar refractivity (Wildman–Crippen MR) is 95.8 cm³/mol. The number of hydrogen-bond acceptors (Lipinski definition) is 3. The zero-order valence-corrected chi connectivity index (χ0v) is 15.9. The van der Waals surface area contributed by atoms with Crippen LogP contribution in [0.3, 0.4) is 0 Å². The van der Waals surface area contributed by atoms with Crippen molar-refractivity contribution in [1.29, 1.82) is 0 Å². The van der Waals surface area contributed by atoms with Crippen molar-refractivity contribution in [2.75, 3.05) is 12.7 Å². The summed E-state index contributed by atoms with van der Waals surface area (Å²) in [5, 5.41) is 9.80. The average molecular weight is 359 g/mol. The quantitative estimate of drug-likeness (QED) is 0.238. The van der Waals surface area contributed by atoms with E-state index in [4.69, 9.17) is 9.79 Å². The Morgan fingerprint density at radius 2 is 1.46 bits per heavy atom. The number of allylic oxidation sites excluding steroid dienone is 5. The first-order valence-electron chi connectivity index (χ1n) is 7.99. The largest absolute Gasteiger partial charge is 0.335 e. The summed E-state index contributed by atoms with van der Waals surface area (Å²) >= 11 is 0. The average Bonchev–Trinajstić information content (AvgIpc) is 2.42. The number of hydroxylamine groups is 2. The van der Waals surface area contributed by atoms with Gasteiger partial charge in [-0.1, -0.05) is 34.9 Å². The van der Waals surface area contributed by atoms with Gasteiger partial charge in [-0.15, -0.1) is 0 Å². The minimum Gasteiger partial charge on any atom is -0.324 e. The van der Waals surface area contributed by atoms with Crippen LogP contribution in [0, 0.1) is 0 Å². The van der Waals surface area contributed by atoms with E-state index in [9.17, 15) is 14.6 Å². The van der Waals surface area contributed by atoms with Crippen LogP contribution < -0.4 is 0 Å². The summed E-state index contributed by atoms with van der Waals surface area (Å²) in [6.07, 6.45) is 8.87. The van der Waals surface area contributed by atoms with Crippen LogP contribution in [0.1, 0.15) is 53.4 Å². The number of carbonyl (C=O) groups excluding carboxylic acids is 1. The number of carbonyl (C=O) groups is 1. The maximum absolute atomic E-state index is 11.4. The van der Waals surface area contributed by atoms with Gasteiger partial charge < -0.3 is 9.79 Å². The van der Waals surface area contributed by atoms with E-state index in [1.165, 1.54) is 11.1 Å². The molecule has 0 rings (SSSR count). The van der Waals surface area contributed by atoms with E-state index in [-0.39, 0.29) is 6.54 Å². The van der Waals surface area contributed by atoms with Crippen molar-refractivity contribution < 1.29 is 24.4 Å². The molecular formula is C17H30NO5P. The van der Waals surface area contributed by atoms with Gasteiger partial charge in [-0.25, -0.2) is 5.06 Å². The molecule has 0 saturated carbocycles. The first kappa shape index (κ1) is 22.8. The number of hydrogen-bond donors (Lipinski definition) is 3. The Hall–Kier alpha value is -1.20. The van der Waals surface area contributed by atoms with Crippen molar-refractivity contribution in [3.63, 3.8) is 0 Å². The van der Waals surface area contributed by atoms with E-state index in [2.05, 4.69) is 32.9 Å². The third-order valence-corrected chi connectivity index (χ3v) is 4.05. The Labute approximate surface area is 144 Å². The van der Waals surface area contributed by atoms with Crippen LogP contribution in [0.25, 0.3) is 0 Å². The number of amides is 1. The van der Waals surface area contributed by atoms with Crippen molar-refractivity contribution in [1.82, 2.24) is 5.06 Å². The Balaban J connectivity index is 4.21. The van der Waals surface area contributed by atoms with Gasteiger partial charge in [-0.05, 0) is 53.4 Å². The van der Waals surface area contributed by atoms with Crippen LogP contribution in [0.15, 0.2) is 34.9 Å². The molecule has 0 aromatic heterocycles. The molecule has 0 aliphatic carbocycles. The van der Waals surface area contributed by atoms with Gasteiger partial charge in [0.05, 0.1) is 6.54 Å². The Morgan fingerprint density at radius 3 is 1.96 bits per heavy atom. The second-order valence-corrected chi connectivity index (χ2v) is 7.90. The molecule has 0 saturated heterocycles. The number of nitrogens with zero attached hydrogens (tertiary/aromatic N) is 1. The minimum absolute atomic E-state index is 0.0755. The smallest absolute Gasteiger partial charge is 0.324 e. The van der Waals surface area contributed by atoms with E-state index in [1.54, 1.807) is 6.08 Å². The maximum Gasteiger partial charge on any atom is 0.335 e. The fraction of sp³-hybridized carbons (Fsp3) is 0.588. The third-order valence-electron chi connectivity index (χ3n) is 3.36. The first-order chi connectivity index (χ1) is 11.0. The molecular weight excluding hydrogens is 329 g/mol. The summed E-state index contributed by atoms with van der Waals surface area (Å²) in [7, 11) is -4.45. The predicted octanol–water partition coefficient (Wildman–Crippen LogP) is 3.80. The Morgan fingerprint density at radius 1 is 0.958 bits per heavy atom. The molecule has 0 heterocycles. The van der Waals surface area contributed by atoms with Gasteiger partial charge >= 0.3 is 7.60 Å². The Kier molecular flexibility index (Phi) is 10.8. The second-order valence-electron chi connectivity index (χ2n) is 6.26. The van der Waals surface area contributed by atoms with Gasteiger partial charge in [0.1, 0.15) is 6.16 Å². The fourth-order valence-corrected chi connectivity index (χ4v) is 2.46. The van der Waals surface area contributed by atoms with E-state index in [0.29, 0.717) is 5.06 Å². The normalized spacial score (nSPS) is 13.0. The summed E-state index contributed by atoms with van der Waals surface area (Å²) in [6.45, 7) is 8.10. The lowest BCUT2D eigenvalue weighted by atomic mass is 10.1. The molecule has 3 N–H and O–H groups in total. The highest BCUT2D eigenvalue weighted by Crippen LogP contribution is 2.33. The monoisotopic (exact) mass is 359 g/mol. The molecule has 0 spiro atoms. The highest BCUT2D eigenvalue weighted by atomic mass is 31.2. The SMILES string of the molecule is CC(C)=CCCC(C)=CCCC(C)=CCN(O)C(=O)CP(=O)(O)O. The van der Waals surface area contributed by atoms with Gasteiger partial charge in [-0.3, -0.25) is 14.6 Å². The summed E-state index contributed by atoms with van der Waals surface area (Å²) in [5.41, 5.74) is 3.66. The van der Waals surface area contributed by atoms with E-state index < -0.39 is 19.7 Å². The van der Waals surface area contributed by atoms with Crippen LogP contribution in [0.4, 0.5) is 0 Å². The first-order valence-corrected chi connectivity index (χ1v) is 9.79. The van der Waals surface area contributed by atoms with Crippen molar-refractivity contribution in [2.45, 2.75) is 53.4 Å². The lowest BCUT2D eigenvalue weighted by molar-refractivity contribution is -0.159. The lowest BCUT2D eigenvalue weighted by Gasteiger charge is -2.13. The zero-order chi connectivity index (χ0) is 18.8. The fourth-order valence-electron chi connectivity index (χ4n) is 1.94. The van der Waals surface area contributed by atoms with Crippen LogP contribution >= 0.6 is 7.60 Å². The topological polar surface area (TPSA) is 98.1 Å². The zero-order valence-electron chi connectivity index (χ0n) is 15.0. The molecule has 0 bridgehead atoms. The molecule has 0 aliphatic rings. The highest BCUT2D eigenvalue weighted by Gasteiger charge is 2.22. The molecule has 0 aromatic carbocycles. The Bertz CT molecular complexity index is 541. The molecule has 6 nitrogen and oxygen atoms in total. The van der Waals surface area contributed by atoms with Crippen molar-refractivity contribution >= 4 is 13.5 Å². The lowest BCUT2D eigenvalue weighted by Crippen LogP contribution is -2.30. The minimum atomic E-state index is -4.45. The number of rotatable bonds is 10. The van der Waals surface area contributed by atoms with Crippen LogP contribution in [0.2, 0.25) is 0 Å². The molecule has 0 aliphatic heterocycles. The van der Waals surface area contributed by atoms with Crippen molar-refractivity contribution in [3.8, 4) is 0 Å². The summed E-state index contributed by atoms with van der Waals surface area (Å²) in [6, 6.07) is 0. The van der Waals surface area contributed by atoms with Gasteiger partial charge in [-0.2, -0.15) is 0 Å². The highest BCUT2D eigenvalue weighted by molar-refractivity contribution is 7.52. The molecule has 0 unspecified atom stereocenters. The molecule has 24 heavy (non-hydrogen) atoms. The standard InChI is InChI=1S/C17H30NO5P/c1-14(2)7-5-8-15(3)9-6-10-16(4)11-12-18(20)17(19)13-24(21,22)23/h7,9,11,20H,5-6,8,10,12-13H2,1-4H3,(H2,21,22,23). The van der Waals surface area contributed by atoms with Crippen LogP contribution in [-0.4, -0.2) is 38.7 Å². The van der Waals surface area contributed by atoms with Gasteiger partial charge in [0.15, 0.2) is 0 Å². The van der Waals surface area contributed by atoms with Gasteiger partial charge in [0, 0.05) is 0 Å². The molecule has 0 aromatic rings. The molecule has 0 atom stereocenters. The van der Waals surface area contributed by atoms with E-state index >= 15 is 0 Å². The summed E-state index contributed by atoms with van der Waals surface area (Å²) < 4.78 is 10.7. The second kappa shape index (κ2) is 11.4. The van der Waals surface area contributed by atoms with Crippen molar-refractivity contribution in [2.24, 2.45) is 0 Å². The van der Waals surface area contributed by atoms with E-state index in [0.717, 1.165) is 31.3 Å². The molecule has 138 valence electrons. The van der Waals surface area contributed by atoms with Crippen LogP contribution in [0.5, 0.6) is 0 Å². The molecule has 0 fully saturated rings. The van der Waals surface area contributed by atoms with Gasteiger partial charge in [0.25, 0.3) is 5.91 Å².